The summed E-state index contributed by atoms with van der Waals surface area (Å²) in [6, 6.07) is 32.1. The number of sulfonamides is 1. The highest BCUT2D eigenvalue weighted by atomic mass is 32.2. The molecular weight excluding hydrogens is 463 g/mol. The SMILES string of the molecule is O=C(CN(c1ccccc1)S(=O)(=O)c1ccc(F)cc1)N(Cc1ccccc1)Cc1ccccc1. The van der Waals surface area contributed by atoms with Crippen molar-refractivity contribution in [3.05, 3.63) is 132 Å². The molecule has 0 aromatic heterocycles. The summed E-state index contributed by atoms with van der Waals surface area (Å²) >= 11 is 0. The van der Waals surface area contributed by atoms with E-state index in [1.807, 2.05) is 60.7 Å². The van der Waals surface area contributed by atoms with Gasteiger partial charge in [-0.3, -0.25) is 9.10 Å². The maximum Gasteiger partial charge on any atom is 0.264 e. The third-order valence-electron chi connectivity index (χ3n) is 5.51. The van der Waals surface area contributed by atoms with Crippen LogP contribution in [0.2, 0.25) is 0 Å². The van der Waals surface area contributed by atoms with Crippen LogP contribution in [-0.2, 0) is 27.9 Å². The first-order chi connectivity index (χ1) is 16.9. The van der Waals surface area contributed by atoms with Crippen molar-refractivity contribution < 1.29 is 17.6 Å². The summed E-state index contributed by atoms with van der Waals surface area (Å²) in [5.74, 6) is -0.893. The van der Waals surface area contributed by atoms with Crippen LogP contribution in [0.3, 0.4) is 0 Å². The Morgan fingerprint density at radius 2 is 1.11 bits per heavy atom. The molecule has 0 unspecified atom stereocenters. The van der Waals surface area contributed by atoms with E-state index in [1.165, 1.54) is 12.1 Å². The number of hydrogen-bond donors (Lipinski definition) is 0. The lowest BCUT2D eigenvalue weighted by Gasteiger charge is -2.29. The van der Waals surface area contributed by atoms with E-state index >= 15 is 0 Å². The molecule has 0 spiro atoms. The highest BCUT2D eigenvalue weighted by molar-refractivity contribution is 7.92. The molecule has 0 saturated carbocycles. The predicted molar refractivity (Wildman–Crippen MR) is 135 cm³/mol. The van der Waals surface area contributed by atoms with Crippen molar-refractivity contribution in [2.24, 2.45) is 0 Å². The Bertz CT molecular complexity index is 1310. The van der Waals surface area contributed by atoms with Crippen LogP contribution in [0, 0.1) is 5.82 Å². The van der Waals surface area contributed by atoms with Crippen molar-refractivity contribution in [2.45, 2.75) is 18.0 Å². The number of halogens is 1. The fourth-order valence-electron chi connectivity index (χ4n) is 3.71. The molecule has 35 heavy (non-hydrogen) atoms. The van der Waals surface area contributed by atoms with E-state index in [0.717, 1.165) is 27.6 Å². The van der Waals surface area contributed by atoms with Crippen LogP contribution in [-0.4, -0.2) is 25.8 Å². The molecule has 7 heteroatoms. The fourth-order valence-corrected chi connectivity index (χ4v) is 5.12. The zero-order chi connectivity index (χ0) is 24.7. The van der Waals surface area contributed by atoms with E-state index in [9.17, 15) is 17.6 Å². The standard InChI is InChI=1S/C28H25FN2O3S/c29-25-16-18-27(19-17-25)35(33,34)31(26-14-8-3-9-15-26)22-28(32)30(20-23-10-4-1-5-11-23)21-24-12-6-2-7-13-24/h1-19H,20-22H2. The zero-order valence-electron chi connectivity index (χ0n) is 19.0. The Hall–Kier alpha value is -3.97. The normalized spacial score (nSPS) is 11.1. The number of carbonyl (C=O) groups is 1. The van der Waals surface area contributed by atoms with Crippen LogP contribution in [0.15, 0.2) is 120 Å². The van der Waals surface area contributed by atoms with Crippen LogP contribution >= 0.6 is 0 Å². The van der Waals surface area contributed by atoms with Crippen molar-refractivity contribution in [3.63, 3.8) is 0 Å². The second-order valence-corrected chi connectivity index (χ2v) is 9.88. The second-order valence-electron chi connectivity index (χ2n) is 8.02. The largest absolute Gasteiger partial charge is 0.332 e. The van der Waals surface area contributed by atoms with E-state index in [4.69, 9.17) is 0 Å². The van der Waals surface area contributed by atoms with Crippen molar-refractivity contribution in [1.82, 2.24) is 4.90 Å². The maximum absolute atomic E-state index is 13.6. The van der Waals surface area contributed by atoms with Gasteiger partial charge < -0.3 is 4.90 Å². The van der Waals surface area contributed by atoms with E-state index in [0.29, 0.717) is 18.8 Å². The average molecular weight is 489 g/mol. The molecular formula is C28H25FN2O3S. The van der Waals surface area contributed by atoms with Gasteiger partial charge in [-0.05, 0) is 47.5 Å². The van der Waals surface area contributed by atoms with E-state index in [1.54, 1.807) is 35.2 Å². The lowest BCUT2D eigenvalue weighted by atomic mass is 10.1. The molecule has 5 nitrogen and oxygen atoms in total. The first-order valence-corrected chi connectivity index (χ1v) is 12.6. The van der Waals surface area contributed by atoms with E-state index in [-0.39, 0.29) is 10.8 Å². The van der Waals surface area contributed by atoms with Gasteiger partial charge in [-0.2, -0.15) is 0 Å². The zero-order valence-corrected chi connectivity index (χ0v) is 19.8. The number of hydrogen-bond acceptors (Lipinski definition) is 3. The Morgan fingerprint density at radius 1 is 0.657 bits per heavy atom. The van der Waals surface area contributed by atoms with Crippen LogP contribution in [0.1, 0.15) is 11.1 Å². The van der Waals surface area contributed by atoms with Crippen molar-refractivity contribution in [3.8, 4) is 0 Å². The fraction of sp³-hybridized carbons (Fsp3) is 0.107. The number of nitrogens with zero attached hydrogens (tertiary/aromatic N) is 2. The summed E-state index contributed by atoms with van der Waals surface area (Å²) in [5, 5.41) is 0. The third kappa shape index (κ3) is 6.13. The quantitative estimate of drug-likeness (QED) is 0.323. The minimum Gasteiger partial charge on any atom is -0.332 e. The summed E-state index contributed by atoms with van der Waals surface area (Å²) in [6.45, 7) is 0.255. The van der Waals surface area contributed by atoms with Crippen LogP contribution in [0.4, 0.5) is 10.1 Å². The Morgan fingerprint density at radius 3 is 1.60 bits per heavy atom. The molecule has 0 atom stereocenters. The van der Waals surface area contributed by atoms with Crippen LogP contribution in [0.5, 0.6) is 0 Å². The number of carbonyl (C=O) groups excluding carboxylic acids is 1. The molecule has 0 aliphatic rings. The van der Waals surface area contributed by atoms with Gasteiger partial charge >= 0.3 is 0 Å². The van der Waals surface area contributed by atoms with E-state index in [2.05, 4.69) is 0 Å². The molecule has 0 saturated heterocycles. The number of amides is 1. The van der Waals surface area contributed by atoms with Gasteiger partial charge in [0.2, 0.25) is 5.91 Å². The molecule has 178 valence electrons. The predicted octanol–water partition coefficient (Wildman–Crippen LogP) is 5.25. The van der Waals surface area contributed by atoms with Gasteiger partial charge in [-0.1, -0.05) is 78.9 Å². The van der Waals surface area contributed by atoms with Crippen LogP contribution in [0.25, 0.3) is 0 Å². The van der Waals surface area contributed by atoms with Gasteiger partial charge in [-0.15, -0.1) is 0 Å². The lowest BCUT2D eigenvalue weighted by Crippen LogP contribution is -2.42. The van der Waals surface area contributed by atoms with Gasteiger partial charge in [0.05, 0.1) is 10.6 Å². The Balaban J connectivity index is 1.67. The maximum atomic E-state index is 13.6. The molecule has 0 aliphatic heterocycles. The first kappa shape index (κ1) is 24.2. The number of benzene rings is 4. The smallest absolute Gasteiger partial charge is 0.264 e. The van der Waals surface area contributed by atoms with Gasteiger partial charge in [0, 0.05) is 13.1 Å². The van der Waals surface area contributed by atoms with Gasteiger partial charge in [0.25, 0.3) is 10.0 Å². The summed E-state index contributed by atoms with van der Waals surface area (Å²) in [7, 11) is -4.13. The number of para-hydroxylation sites is 1. The second kappa shape index (κ2) is 11.0. The lowest BCUT2D eigenvalue weighted by molar-refractivity contribution is -0.130. The van der Waals surface area contributed by atoms with E-state index < -0.39 is 22.4 Å². The molecule has 4 aromatic carbocycles. The molecule has 0 aliphatic carbocycles. The Labute approximate surface area is 205 Å². The molecule has 1 amide bonds. The van der Waals surface area contributed by atoms with Crippen molar-refractivity contribution >= 4 is 21.6 Å². The molecule has 0 fully saturated rings. The number of rotatable bonds is 9. The van der Waals surface area contributed by atoms with Gasteiger partial charge in [-0.25, -0.2) is 12.8 Å². The van der Waals surface area contributed by atoms with Crippen molar-refractivity contribution in [1.29, 1.82) is 0 Å². The molecule has 0 radical (unpaired) electrons. The first-order valence-electron chi connectivity index (χ1n) is 11.1. The Kier molecular flexibility index (Phi) is 7.57. The van der Waals surface area contributed by atoms with Gasteiger partial charge in [0.1, 0.15) is 12.4 Å². The number of anilines is 1. The summed E-state index contributed by atoms with van der Waals surface area (Å²) in [4.78, 5) is 15.2. The summed E-state index contributed by atoms with van der Waals surface area (Å²) in [6.07, 6.45) is 0. The molecule has 4 aromatic rings. The van der Waals surface area contributed by atoms with Crippen molar-refractivity contribution in [2.75, 3.05) is 10.8 Å². The summed E-state index contributed by atoms with van der Waals surface area (Å²) in [5.41, 5.74) is 2.22. The monoisotopic (exact) mass is 488 g/mol. The molecule has 0 heterocycles. The topological polar surface area (TPSA) is 57.7 Å². The third-order valence-corrected chi connectivity index (χ3v) is 7.30. The summed E-state index contributed by atoms with van der Waals surface area (Å²) < 4.78 is 41.6. The molecule has 0 bridgehead atoms. The molecule has 0 N–H and O–H groups in total. The highest BCUT2D eigenvalue weighted by Gasteiger charge is 2.29. The van der Waals surface area contributed by atoms with Gasteiger partial charge in [0.15, 0.2) is 0 Å². The minimum atomic E-state index is -4.13. The van der Waals surface area contributed by atoms with Crippen LogP contribution < -0.4 is 4.31 Å². The average Bonchev–Trinajstić information content (AvgIpc) is 2.88. The minimum absolute atomic E-state index is 0.0896. The molecule has 4 rings (SSSR count). The highest BCUT2D eigenvalue weighted by Crippen LogP contribution is 2.24.